The Morgan fingerprint density at radius 2 is 0.633 bits per heavy atom. The van der Waals surface area contributed by atoms with Crippen LogP contribution in [0.3, 0.4) is 0 Å². The van der Waals surface area contributed by atoms with E-state index < -0.39 is 97.2 Å². The van der Waals surface area contributed by atoms with Gasteiger partial charge in [0.25, 0.3) is 0 Å². The molecule has 0 amide bonds. The molecule has 19 nitrogen and oxygen atoms in total. The van der Waals surface area contributed by atoms with Gasteiger partial charge < -0.3 is 52.1 Å². The molecule has 2 aliphatic rings. The predicted molar refractivity (Wildman–Crippen MR) is 326 cm³/mol. The highest BCUT2D eigenvalue weighted by Gasteiger charge is 2.53. The van der Waals surface area contributed by atoms with Crippen LogP contribution in [0.25, 0.3) is 0 Å². The summed E-state index contributed by atoms with van der Waals surface area (Å²) in [5, 5.41) is 0. The van der Waals surface area contributed by atoms with Gasteiger partial charge in [-0.25, -0.2) is 28.8 Å². The first-order chi connectivity index (χ1) is 43.9. The largest absolute Gasteiger partial charge is 0.461 e. The summed E-state index contributed by atoms with van der Waals surface area (Å²) >= 11 is 0. The standard InChI is InChI=1S/C71H71NO18/c1-48-58(85-64(74)51-29-13-4-14-30-51)60(87-66(76)53-33-17-6-18-34-53)62(89-68(78)55-37-21-8-22-38-55)70(83-48)80-45-43-72(42-26-10-25-41-57(73)82-47-50-27-11-3-12-28-50)44-46-81-71-63(90-69(79)56-39-23-9-24-40-56)61(88-67(77)54-35-19-7-20-36-54)59(49(2)84-71)86-65(75)52-31-15-5-16-32-52/h3-9,11-24,27-40,48-49,58-63,70-71H,10,25-26,41-47H2,1-2H3/t48-,49-,58+,59+,60+,61+,62-,63-,70+,71+/m0/s1. The van der Waals surface area contributed by atoms with Crippen molar-refractivity contribution >= 4 is 41.8 Å². The molecule has 2 saturated heterocycles. The van der Waals surface area contributed by atoms with Gasteiger partial charge in [0.1, 0.15) is 6.61 Å². The highest BCUT2D eigenvalue weighted by molar-refractivity contribution is 5.93. The van der Waals surface area contributed by atoms with Gasteiger partial charge in [-0.05, 0) is 112 Å². The maximum absolute atomic E-state index is 14.1. The summed E-state index contributed by atoms with van der Waals surface area (Å²) in [5.41, 5.74) is 2.02. The van der Waals surface area contributed by atoms with Crippen LogP contribution in [0.2, 0.25) is 0 Å². The van der Waals surface area contributed by atoms with Crippen LogP contribution >= 0.6 is 0 Å². The minimum Gasteiger partial charge on any atom is -0.461 e. The smallest absolute Gasteiger partial charge is 0.338 e. The normalized spacial score (nSPS) is 21.2. The van der Waals surface area contributed by atoms with Crippen molar-refractivity contribution < 1.29 is 85.7 Å². The Balaban J connectivity index is 0.959. The maximum Gasteiger partial charge on any atom is 0.338 e. The topological polar surface area (TPSA) is 224 Å². The monoisotopic (exact) mass is 1230 g/mol. The van der Waals surface area contributed by atoms with Crippen molar-refractivity contribution in [3.63, 3.8) is 0 Å². The molecule has 0 N–H and O–H groups in total. The van der Waals surface area contributed by atoms with E-state index in [1.54, 1.807) is 196 Å². The first kappa shape index (κ1) is 65.1. The maximum atomic E-state index is 14.1. The fourth-order valence-corrected chi connectivity index (χ4v) is 10.2. The van der Waals surface area contributed by atoms with Gasteiger partial charge >= 0.3 is 41.8 Å². The van der Waals surface area contributed by atoms with Crippen molar-refractivity contribution in [3.05, 3.63) is 251 Å². The van der Waals surface area contributed by atoms with Crippen LogP contribution in [-0.2, 0) is 63.5 Å². The van der Waals surface area contributed by atoms with E-state index in [2.05, 4.69) is 0 Å². The van der Waals surface area contributed by atoms with Crippen molar-refractivity contribution in [2.75, 3.05) is 32.8 Å². The number of hydrogen-bond donors (Lipinski definition) is 0. The second-order valence-electron chi connectivity index (χ2n) is 21.4. The summed E-state index contributed by atoms with van der Waals surface area (Å²) in [6.07, 6.45) is -11.4. The molecule has 19 heteroatoms. The van der Waals surface area contributed by atoms with Crippen LogP contribution in [0.15, 0.2) is 212 Å². The lowest BCUT2D eigenvalue weighted by atomic mass is 9.98. The quantitative estimate of drug-likeness (QED) is 0.0252. The second-order valence-corrected chi connectivity index (χ2v) is 21.4. The summed E-state index contributed by atoms with van der Waals surface area (Å²) in [4.78, 5) is 98.5. The van der Waals surface area contributed by atoms with Gasteiger partial charge in [0.15, 0.2) is 49.2 Å². The molecule has 468 valence electrons. The summed E-state index contributed by atoms with van der Waals surface area (Å²) in [6, 6.07) is 58.6. The van der Waals surface area contributed by atoms with Crippen LogP contribution in [0.4, 0.5) is 0 Å². The van der Waals surface area contributed by atoms with E-state index in [4.69, 9.17) is 52.1 Å². The molecule has 9 rings (SSSR count). The average molecular weight is 1230 g/mol. The van der Waals surface area contributed by atoms with Gasteiger partial charge in [0.05, 0.1) is 58.8 Å². The fraction of sp³-hybridized carbons (Fsp3) is 0.310. The van der Waals surface area contributed by atoms with Crippen LogP contribution in [0.1, 0.15) is 107 Å². The van der Waals surface area contributed by atoms with E-state index in [0.29, 0.717) is 25.8 Å². The highest BCUT2D eigenvalue weighted by Crippen LogP contribution is 2.33. The lowest BCUT2D eigenvalue weighted by Crippen LogP contribution is -2.61. The number of carbonyl (C=O) groups is 7. The molecule has 2 aliphatic heterocycles. The van der Waals surface area contributed by atoms with Crippen molar-refractivity contribution in [2.45, 2.75) is 108 Å². The third-order valence-corrected chi connectivity index (χ3v) is 14.9. The molecule has 2 fully saturated rings. The lowest BCUT2D eigenvalue weighted by molar-refractivity contribution is -0.293. The van der Waals surface area contributed by atoms with Gasteiger partial charge in [0, 0.05) is 19.5 Å². The first-order valence-electron chi connectivity index (χ1n) is 29.9. The molecule has 0 bridgehead atoms. The van der Waals surface area contributed by atoms with Crippen molar-refractivity contribution in [1.29, 1.82) is 0 Å². The minimum atomic E-state index is -1.51. The molecule has 0 radical (unpaired) electrons. The predicted octanol–water partition coefficient (Wildman–Crippen LogP) is 10.5. The highest BCUT2D eigenvalue weighted by atomic mass is 16.7. The van der Waals surface area contributed by atoms with Crippen LogP contribution in [0, 0.1) is 0 Å². The number of unbranched alkanes of at least 4 members (excludes halogenated alkanes) is 2. The van der Waals surface area contributed by atoms with Gasteiger partial charge in [0.2, 0.25) is 0 Å². The molecule has 2 heterocycles. The second kappa shape index (κ2) is 33.3. The van der Waals surface area contributed by atoms with E-state index in [0.717, 1.165) is 5.56 Å². The van der Waals surface area contributed by atoms with Gasteiger partial charge in [-0.1, -0.05) is 146 Å². The molecule has 90 heavy (non-hydrogen) atoms. The molecule has 0 spiro atoms. The number of benzene rings is 7. The molecule has 0 unspecified atom stereocenters. The lowest BCUT2D eigenvalue weighted by Gasteiger charge is -2.44. The fourth-order valence-electron chi connectivity index (χ4n) is 10.2. The molecule has 0 saturated carbocycles. The van der Waals surface area contributed by atoms with Crippen molar-refractivity contribution in [1.82, 2.24) is 4.90 Å². The molecule has 10 atom stereocenters. The van der Waals surface area contributed by atoms with Crippen LogP contribution in [-0.4, -0.2) is 141 Å². The van der Waals surface area contributed by atoms with Gasteiger partial charge in [-0.15, -0.1) is 0 Å². The minimum absolute atomic E-state index is 0.0866. The van der Waals surface area contributed by atoms with Crippen molar-refractivity contribution in [3.8, 4) is 0 Å². The zero-order valence-electron chi connectivity index (χ0n) is 49.8. The third kappa shape index (κ3) is 18.6. The Morgan fingerprint density at radius 3 is 0.956 bits per heavy atom. The Morgan fingerprint density at radius 1 is 0.344 bits per heavy atom. The Labute approximate surface area is 521 Å². The zero-order valence-corrected chi connectivity index (χ0v) is 49.8. The molecule has 7 aromatic carbocycles. The number of ether oxygens (including phenoxy) is 11. The van der Waals surface area contributed by atoms with Gasteiger partial charge in [-0.2, -0.15) is 0 Å². The Bertz CT molecular complexity index is 3210. The van der Waals surface area contributed by atoms with E-state index in [1.165, 1.54) is 0 Å². The molecular weight excluding hydrogens is 1150 g/mol. The number of nitrogens with zero attached hydrogens (tertiary/aromatic N) is 1. The number of esters is 7. The van der Waals surface area contributed by atoms with E-state index in [9.17, 15) is 33.6 Å². The van der Waals surface area contributed by atoms with Crippen LogP contribution in [0.5, 0.6) is 0 Å². The third-order valence-electron chi connectivity index (χ3n) is 14.9. The SMILES string of the molecule is C[C@@H]1O[C@@H](OCCN(CCCCCC(=O)OCc2ccccc2)CCO[C@@H]2O[C@@H](C)[C@@H](OC(=O)c3ccccc3)[C@@H](OC(=O)c3ccccc3)[C@@H]2OC(=O)c2ccccc2)[C@@H](OC(=O)c2ccccc2)[C@H](OC(=O)c2ccccc2)[C@@H]1OC(=O)c1ccccc1. The molecular formula is C71H71NO18. The number of hydrogen-bond acceptors (Lipinski definition) is 19. The zero-order chi connectivity index (χ0) is 63.0. The summed E-state index contributed by atoms with van der Waals surface area (Å²) in [6.45, 7) is 4.02. The Hall–Kier alpha value is -9.37. The molecule has 0 aliphatic carbocycles. The number of rotatable bonds is 28. The van der Waals surface area contributed by atoms with Crippen molar-refractivity contribution in [2.24, 2.45) is 0 Å². The van der Waals surface area contributed by atoms with E-state index in [1.807, 2.05) is 35.2 Å². The first-order valence-corrected chi connectivity index (χ1v) is 29.9. The Kier molecular flexibility index (Phi) is 24.1. The van der Waals surface area contributed by atoms with Gasteiger partial charge in [-0.3, -0.25) is 9.69 Å². The van der Waals surface area contributed by atoms with Crippen LogP contribution < -0.4 is 0 Å². The molecule has 0 aromatic heterocycles. The van der Waals surface area contributed by atoms with E-state index in [-0.39, 0.29) is 78.7 Å². The summed E-state index contributed by atoms with van der Waals surface area (Å²) in [5.74, 6) is -4.99. The number of carbonyl (C=O) groups excluding carboxylic acids is 7. The molecule has 7 aromatic rings. The summed E-state index contributed by atoms with van der Waals surface area (Å²) in [7, 11) is 0. The summed E-state index contributed by atoms with van der Waals surface area (Å²) < 4.78 is 68.5. The average Bonchev–Trinajstić information content (AvgIpc) is 0.955. The van der Waals surface area contributed by atoms with E-state index >= 15 is 0 Å².